The van der Waals surface area contributed by atoms with Gasteiger partial charge in [0.2, 0.25) is 0 Å². The number of nitrogens with zero attached hydrogens (tertiary/aromatic N) is 1. The molecule has 1 fully saturated rings. The van der Waals surface area contributed by atoms with Crippen LogP contribution in [0, 0.1) is 17.6 Å². The van der Waals surface area contributed by atoms with Crippen molar-refractivity contribution in [2.45, 2.75) is 32.7 Å². The van der Waals surface area contributed by atoms with Gasteiger partial charge in [-0.1, -0.05) is 0 Å². The molecule has 26 heavy (non-hydrogen) atoms. The molecule has 1 saturated heterocycles. The quantitative estimate of drug-likeness (QED) is 0.399. The lowest BCUT2D eigenvalue weighted by atomic mass is 10.0. The van der Waals surface area contributed by atoms with Gasteiger partial charge in [-0.05, 0) is 50.3 Å². The Balaban J connectivity index is 1.67. The first kappa shape index (κ1) is 20.6. The van der Waals surface area contributed by atoms with Gasteiger partial charge >= 0.3 is 0 Å². The highest BCUT2D eigenvalue weighted by Crippen LogP contribution is 2.14. The molecule has 0 aliphatic carbocycles. The number of halogens is 2. The van der Waals surface area contributed by atoms with Gasteiger partial charge in [0.1, 0.15) is 11.6 Å². The van der Waals surface area contributed by atoms with Gasteiger partial charge in [-0.3, -0.25) is 0 Å². The second-order valence-electron chi connectivity index (χ2n) is 6.34. The average molecular weight is 369 g/mol. The van der Waals surface area contributed by atoms with Crippen molar-refractivity contribution in [2.24, 2.45) is 10.9 Å². The molecule has 1 aliphatic rings. The number of aliphatic imine (C=N–C) groups is 1. The second kappa shape index (κ2) is 11.8. The molecule has 0 amide bonds. The van der Waals surface area contributed by atoms with E-state index in [1.165, 1.54) is 6.07 Å². The molecule has 0 radical (unpaired) electrons. The number of benzene rings is 1. The molecule has 5 nitrogen and oxygen atoms in total. The van der Waals surface area contributed by atoms with E-state index in [0.717, 1.165) is 51.2 Å². The van der Waals surface area contributed by atoms with Crippen LogP contribution in [0.15, 0.2) is 23.2 Å². The normalized spacial score (nSPS) is 15.9. The molecule has 1 aromatic carbocycles. The van der Waals surface area contributed by atoms with Crippen LogP contribution in [0.3, 0.4) is 0 Å². The lowest BCUT2D eigenvalue weighted by molar-refractivity contribution is 0.0203. The van der Waals surface area contributed by atoms with Crippen molar-refractivity contribution in [3.63, 3.8) is 0 Å². The van der Waals surface area contributed by atoms with Crippen LogP contribution < -0.4 is 10.6 Å². The summed E-state index contributed by atoms with van der Waals surface area (Å²) < 4.78 is 37.9. The zero-order valence-corrected chi connectivity index (χ0v) is 15.4. The van der Waals surface area contributed by atoms with Crippen LogP contribution in [-0.2, 0) is 16.0 Å². The minimum Gasteiger partial charge on any atom is -0.381 e. The lowest BCUT2D eigenvalue weighted by Gasteiger charge is -2.21. The second-order valence-corrected chi connectivity index (χ2v) is 6.34. The SMILES string of the molecule is CCNC(=NCc1cc(F)ccc1F)NCCCOCC1CCOCC1. The fourth-order valence-electron chi connectivity index (χ4n) is 2.71. The highest BCUT2D eigenvalue weighted by Gasteiger charge is 2.13. The Morgan fingerprint density at radius 3 is 2.85 bits per heavy atom. The van der Waals surface area contributed by atoms with E-state index < -0.39 is 11.6 Å². The molecule has 2 N–H and O–H groups in total. The lowest BCUT2D eigenvalue weighted by Crippen LogP contribution is -2.38. The maximum atomic E-state index is 13.6. The Bertz CT molecular complexity index is 564. The van der Waals surface area contributed by atoms with E-state index >= 15 is 0 Å². The number of rotatable bonds is 9. The first-order valence-corrected chi connectivity index (χ1v) is 9.30. The summed E-state index contributed by atoms with van der Waals surface area (Å²) in [5.74, 6) is 0.279. The zero-order valence-electron chi connectivity index (χ0n) is 15.4. The fourth-order valence-corrected chi connectivity index (χ4v) is 2.71. The van der Waals surface area contributed by atoms with Gasteiger partial charge in [-0.2, -0.15) is 0 Å². The Hall–Kier alpha value is -1.73. The minimum atomic E-state index is -0.462. The van der Waals surface area contributed by atoms with Gasteiger partial charge in [-0.25, -0.2) is 13.8 Å². The number of nitrogens with one attached hydrogen (secondary N) is 2. The molecule has 146 valence electrons. The summed E-state index contributed by atoms with van der Waals surface area (Å²) in [4.78, 5) is 4.31. The van der Waals surface area contributed by atoms with Crippen molar-refractivity contribution in [1.82, 2.24) is 10.6 Å². The van der Waals surface area contributed by atoms with Gasteiger partial charge < -0.3 is 20.1 Å². The summed E-state index contributed by atoms with van der Waals surface area (Å²) in [6.07, 6.45) is 3.00. The van der Waals surface area contributed by atoms with Gasteiger partial charge in [0.05, 0.1) is 6.54 Å². The van der Waals surface area contributed by atoms with E-state index in [0.29, 0.717) is 31.6 Å². The molecular formula is C19H29F2N3O2. The first-order valence-electron chi connectivity index (χ1n) is 9.30. The van der Waals surface area contributed by atoms with Crippen LogP contribution in [0.4, 0.5) is 8.78 Å². The van der Waals surface area contributed by atoms with Crippen LogP contribution in [0.1, 0.15) is 31.7 Å². The third-order valence-electron chi connectivity index (χ3n) is 4.21. The van der Waals surface area contributed by atoms with Crippen LogP contribution in [0.2, 0.25) is 0 Å². The molecular weight excluding hydrogens is 340 g/mol. The summed E-state index contributed by atoms with van der Waals surface area (Å²) in [5, 5.41) is 6.28. The van der Waals surface area contributed by atoms with Crippen LogP contribution >= 0.6 is 0 Å². The van der Waals surface area contributed by atoms with E-state index in [1.807, 2.05) is 6.92 Å². The van der Waals surface area contributed by atoms with Gasteiger partial charge in [0.25, 0.3) is 0 Å². The molecule has 1 heterocycles. The average Bonchev–Trinajstić information content (AvgIpc) is 2.65. The Morgan fingerprint density at radius 1 is 1.27 bits per heavy atom. The van der Waals surface area contributed by atoms with E-state index in [2.05, 4.69) is 15.6 Å². The van der Waals surface area contributed by atoms with Crippen molar-refractivity contribution >= 4 is 5.96 Å². The Morgan fingerprint density at radius 2 is 2.08 bits per heavy atom. The van der Waals surface area contributed by atoms with Gasteiger partial charge in [-0.15, -0.1) is 0 Å². The molecule has 1 aromatic rings. The fraction of sp³-hybridized carbons (Fsp3) is 0.632. The number of hydrogen-bond donors (Lipinski definition) is 2. The summed E-state index contributed by atoms with van der Waals surface area (Å²) in [6, 6.07) is 3.40. The van der Waals surface area contributed by atoms with Crippen molar-refractivity contribution in [3.05, 3.63) is 35.4 Å². The van der Waals surface area contributed by atoms with Crippen molar-refractivity contribution in [3.8, 4) is 0 Å². The van der Waals surface area contributed by atoms with E-state index in [1.54, 1.807) is 0 Å². The van der Waals surface area contributed by atoms with Gasteiger partial charge in [0, 0.05) is 45.1 Å². The zero-order chi connectivity index (χ0) is 18.6. The van der Waals surface area contributed by atoms with Crippen LogP contribution in [0.5, 0.6) is 0 Å². The molecule has 0 atom stereocenters. The standard InChI is InChI=1S/C19H29F2N3O2/c1-2-22-19(24-13-16-12-17(20)4-5-18(16)21)23-8-3-9-26-14-15-6-10-25-11-7-15/h4-5,12,15H,2-3,6-11,13-14H2,1H3,(H2,22,23,24). The highest BCUT2D eigenvalue weighted by atomic mass is 19.1. The monoisotopic (exact) mass is 369 g/mol. The summed E-state index contributed by atoms with van der Waals surface area (Å²) in [7, 11) is 0. The number of ether oxygens (including phenoxy) is 2. The molecule has 0 aromatic heterocycles. The maximum Gasteiger partial charge on any atom is 0.191 e. The van der Waals surface area contributed by atoms with E-state index in [4.69, 9.17) is 9.47 Å². The van der Waals surface area contributed by atoms with Crippen molar-refractivity contribution in [2.75, 3.05) is 39.5 Å². The van der Waals surface area contributed by atoms with Gasteiger partial charge in [0.15, 0.2) is 5.96 Å². The third-order valence-corrected chi connectivity index (χ3v) is 4.21. The molecule has 7 heteroatoms. The smallest absolute Gasteiger partial charge is 0.191 e. The molecule has 0 bridgehead atoms. The Kier molecular flexibility index (Phi) is 9.34. The molecule has 0 spiro atoms. The topological polar surface area (TPSA) is 54.9 Å². The number of hydrogen-bond acceptors (Lipinski definition) is 3. The van der Waals surface area contributed by atoms with E-state index in [-0.39, 0.29) is 12.1 Å². The van der Waals surface area contributed by atoms with Crippen molar-refractivity contribution < 1.29 is 18.3 Å². The van der Waals surface area contributed by atoms with Crippen LogP contribution in [-0.4, -0.2) is 45.5 Å². The molecule has 0 unspecified atom stereocenters. The largest absolute Gasteiger partial charge is 0.381 e. The third kappa shape index (κ3) is 7.66. The summed E-state index contributed by atoms with van der Waals surface area (Å²) in [6.45, 7) is 6.58. The number of guanidine groups is 1. The van der Waals surface area contributed by atoms with Crippen LogP contribution in [0.25, 0.3) is 0 Å². The molecule has 2 rings (SSSR count). The minimum absolute atomic E-state index is 0.0825. The summed E-state index contributed by atoms with van der Waals surface area (Å²) in [5.41, 5.74) is 0.238. The predicted molar refractivity (Wildman–Crippen MR) is 98.2 cm³/mol. The maximum absolute atomic E-state index is 13.6. The highest BCUT2D eigenvalue weighted by molar-refractivity contribution is 5.79. The predicted octanol–water partition coefficient (Wildman–Crippen LogP) is 2.85. The first-order chi connectivity index (χ1) is 12.7. The molecule has 1 aliphatic heterocycles. The summed E-state index contributed by atoms with van der Waals surface area (Å²) >= 11 is 0. The molecule has 0 saturated carbocycles. The Labute approximate surface area is 154 Å². The van der Waals surface area contributed by atoms with E-state index in [9.17, 15) is 8.78 Å². The van der Waals surface area contributed by atoms with Crippen molar-refractivity contribution in [1.29, 1.82) is 0 Å².